The number of hydrogen-bond donors (Lipinski definition) is 1. The van der Waals surface area contributed by atoms with Crippen molar-refractivity contribution < 1.29 is 9.90 Å². The number of hydrogen-bond acceptors (Lipinski definition) is 1. The van der Waals surface area contributed by atoms with Gasteiger partial charge >= 0.3 is 6.09 Å². The summed E-state index contributed by atoms with van der Waals surface area (Å²) >= 11 is 0. The van der Waals surface area contributed by atoms with Gasteiger partial charge in [0.15, 0.2) is 0 Å². The minimum absolute atomic E-state index is 0.304. The van der Waals surface area contributed by atoms with Gasteiger partial charge in [0.05, 0.1) is 0 Å². The monoisotopic (exact) mass is 187 g/mol. The number of nitrogens with zero attached hydrogens (tertiary/aromatic N) is 1. The Bertz CT molecular complexity index is 156. The molecule has 1 heterocycles. The first-order valence-electron chi connectivity index (χ1n) is 5.11. The first-order chi connectivity index (χ1) is 6.13. The lowest BCUT2D eigenvalue weighted by atomic mass is 9.75. The van der Waals surface area contributed by atoms with Crippen LogP contribution >= 0.6 is 0 Å². The zero-order chi connectivity index (χ0) is 10.5. The fourth-order valence-electron chi connectivity index (χ4n) is 1.60. The summed E-state index contributed by atoms with van der Waals surface area (Å²) in [6, 6.07) is 0. The fraction of sp³-hybridized carbons (Fsp3) is 0.900. The normalized spacial score (nSPS) is 18.3. The Morgan fingerprint density at radius 1 is 1.31 bits per heavy atom. The average Bonchev–Trinajstić information content (AvgIpc) is 2.08. The van der Waals surface area contributed by atoms with Crippen LogP contribution in [0.2, 0.25) is 0 Å². The lowest BCUT2D eigenvalue weighted by Crippen LogP contribution is -2.57. The summed E-state index contributed by atoms with van der Waals surface area (Å²) in [5, 5.41) is 8.58. The molecule has 1 aliphatic rings. The molecule has 0 atom stereocenters. The number of carbonyl (C=O) groups is 1. The van der Waals surface area contributed by atoms with Crippen LogP contribution in [0.15, 0.2) is 0 Å². The van der Waals surface area contributed by atoms with Crippen molar-refractivity contribution in [3.05, 3.63) is 0 Å². The molecular weight excluding hydrogens is 166 g/mol. The second-order valence-electron chi connectivity index (χ2n) is 3.35. The fourth-order valence-corrected chi connectivity index (χ4v) is 1.60. The smallest absolute Gasteiger partial charge is 0.407 e. The Labute approximate surface area is 80.7 Å². The van der Waals surface area contributed by atoms with Crippen LogP contribution in [0.4, 0.5) is 4.79 Å². The predicted molar refractivity (Wildman–Crippen MR) is 54.0 cm³/mol. The number of amides is 1. The molecule has 0 radical (unpaired) electrons. The van der Waals surface area contributed by atoms with E-state index in [4.69, 9.17) is 5.11 Å². The summed E-state index contributed by atoms with van der Waals surface area (Å²) in [7, 11) is 0. The Kier molecular flexibility index (Phi) is 4.81. The van der Waals surface area contributed by atoms with E-state index in [9.17, 15) is 4.79 Å². The summed E-state index contributed by atoms with van der Waals surface area (Å²) < 4.78 is 0. The molecule has 0 unspecified atom stereocenters. The van der Waals surface area contributed by atoms with Crippen LogP contribution in [0.1, 0.15) is 40.5 Å². The molecule has 13 heavy (non-hydrogen) atoms. The van der Waals surface area contributed by atoms with Crippen LogP contribution in [-0.4, -0.2) is 29.2 Å². The van der Waals surface area contributed by atoms with Crippen molar-refractivity contribution in [1.82, 2.24) is 4.90 Å². The van der Waals surface area contributed by atoms with E-state index in [1.807, 2.05) is 13.8 Å². The van der Waals surface area contributed by atoms with Crippen LogP contribution in [0.3, 0.4) is 0 Å². The molecule has 0 aromatic heterocycles. The summed E-state index contributed by atoms with van der Waals surface area (Å²) in [5.41, 5.74) is 0.304. The van der Waals surface area contributed by atoms with Gasteiger partial charge in [0.2, 0.25) is 0 Å². The van der Waals surface area contributed by atoms with Gasteiger partial charge in [-0.1, -0.05) is 27.7 Å². The van der Waals surface area contributed by atoms with E-state index >= 15 is 0 Å². The van der Waals surface area contributed by atoms with Gasteiger partial charge in [-0.05, 0) is 12.8 Å². The van der Waals surface area contributed by atoms with E-state index in [1.165, 1.54) is 4.90 Å². The maximum atomic E-state index is 10.4. The highest BCUT2D eigenvalue weighted by Crippen LogP contribution is 2.36. The van der Waals surface area contributed by atoms with Crippen molar-refractivity contribution in [2.24, 2.45) is 5.41 Å². The van der Waals surface area contributed by atoms with Crippen molar-refractivity contribution in [2.75, 3.05) is 13.1 Å². The zero-order valence-corrected chi connectivity index (χ0v) is 9.13. The second-order valence-corrected chi connectivity index (χ2v) is 3.35. The molecule has 78 valence electrons. The second kappa shape index (κ2) is 5.10. The maximum absolute atomic E-state index is 10.4. The van der Waals surface area contributed by atoms with Crippen LogP contribution in [-0.2, 0) is 0 Å². The van der Waals surface area contributed by atoms with E-state index in [1.54, 1.807) is 0 Å². The first-order valence-corrected chi connectivity index (χ1v) is 5.11. The maximum Gasteiger partial charge on any atom is 0.407 e. The third-order valence-electron chi connectivity index (χ3n) is 2.82. The molecule has 0 bridgehead atoms. The molecule has 1 amide bonds. The molecule has 0 spiro atoms. The molecule has 0 saturated carbocycles. The highest BCUT2D eigenvalue weighted by Gasteiger charge is 2.42. The lowest BCUT2D eigenvalue weighted by molar-refractivity contribution is 0.00483. The molecule has 1 saturated heterocycles. The van der Waals surface area contributed by atoms with Gasteiger partial charge in [0.25, 0.3) is 0 Å². The summed E-state index contributed by atoms with van der Waals surface area (Å²) in [6.45, 7) is 9.72. The van der Waals surface area contributed by atoms with E-state index < -0.39 is 6.09 Å². The third-order valence-corrected chi connectivity index (χ3v) is 2.82. The minimum atomic E-state index is -0.775. The van der Waals surface area contributed by atoms with Gasteiger partial charge in [-0.2, -0.15) is 0 Å². The minimum Gasteiger partial charge on any atom is -0.465 e. The molecule has 0 aliphatic carbocycles. The number of carboxylic acid groups (broad SMARTS) is 1. The van der Waals surface area contributed by atoms with Gasteiger partial charge in [-0.25, -0.2) is 4.79 Å². The average molecular weight is 187 g/mol. The number of rotatable bonds is 2. The van der Waals surface area contributed by atoms with Gasteiger partial charge in [-0.15, -0.1) is 0 Å². The van der Waals surface area contributed by atoms with Crippen molar-refractivity contribution in [3.8, 4) is 0 Å². The first kappa shape index (κ1) is 12.3. The molecule has 3 nitrogen and oxygen atoms in total. The third kappa shape index (κ3) is 2.61. The Hall–Kier alpha value is -0.730. The van der Waals surface area contributed by atoms with Crippen LogP contribution in [0.25, 0.3) is 0 Å². The summed E-state index contributed by atoms with van der Waals surface area (Å²) in [4.78, 5) is 11.9. The highest BCUT2D eigenvalue weighted by atomic mass is 16.4. The topological polar surface area (TPSA) is 40.5 Å². The van der Waals surface area contributed by atoms with Crippen molar-refractivity contribution >= 4 is 6.09 Å². The molecule has 0 aromatic rings. The van der Waals surface area contributed by atoms with E-state index in [-0.39, 0.29) is 0 Å². The molecule has 1 N–H and O–H groups in total. The van der Waals surface area contributed by atoms with Gasteiger partial charge in [0, 0.05) is 18.5 Å². The van der Waals surface area contributed by atoms with Gasteiger partial charge in [-0.3, -0.25) is 0 Å². The summed E-state index contributed by atoms with van der Waals surface area (Å²) in [6.07, 6.45) is 1.41. The van der Waals surface area contributed by atoms with Crippen LogP contribution in [0.5, 0.6) is 0 Å². The van der Waals surface area contributed by atoms with Crippen molar-refractivity contribution in [3.63, 3.8) is 0 Å². The largest absolute Gasteiger partial charge is 0.465 e. The highest BCUT2D eigenvalue weighted by molar-refractivity contribution is 5.66. The molecule has 3 heteroatoms. The van der Waals surface area contributed by atoms with E-state index in [2.05, 4.69) is 13.8 Å². The predicted octanol–water partition coefficient (Wildman–Crippen LogP) is 2.81. The van der Waals surface area contributed by atoms with Crippen LogP contribution in [0, 0.1) is 5.41 Å². The standard InChI is InChI=1S/C8H15NO2.C2H6/c1-3-8(4-2)5-9(6-8)7(10)11;1-2/h3-6H2,1-2H3,(H,10,11);1-2H3. The Balaban J connectivity index is 0.000000671. The molecule has 1 aliphatic heterocycles. The van der Waals surface area contributed by atoms with E-state index in [0.29, 0.717) is 5.41 Å². The van der Waals surface area contributed by atoms with E-state index in [0.717, 1.165) is 25.9 Å². The van der Waals surface area contributed by atoms with Gasteiger partial charge in [0.1, 0.15) is 0 Å². The summed E-state index contributed by atoms with van der Waals surface area (Å²) in [5.74, 6) is 0. The lowest BCUT2D eigenvalue weighted by Gasteiger charge is -2.48. The number of likely N-dealkylation sites (tertiary alicyclic amines) is 1. The van der Waals surface area contributed by atoms with Crippen LogP contribution < -0.4 is 0 Å². The molecule has 1 rings (SSSR count). The Morgan fingerprint density at radius 3 is 1.92 bits per heavy atom. The molecule has 1 fully saturated rings. The quantitative estimate of drug-likeness (QED) is 0.722. The zero-order valence-electron chi connectivity index (χ0n) is 9.13. The molecule has 0 aromatic carbocycles. The Morgan fingerprint density at radius 2 is 1.69 bits per heavy atom. The molecular formula is C10H21NO2. The van der Waals surface area contributed by atoms with Crippen molar-refractivity contribution in [2.45, 2.75) is 40.5 Å². The van der Waals surface area contributed by atoms with Crippen molar-refractivity contribution in [1.29, 1.82) is 0 Å². The van der Waals surface area contributed by atoms with Gasteiger partial charge < -0.3 is 10.0 Å². The SMILES string of the molecule is CC.CCC1(CC)CN(C(=O)O)C1.